The van der Waals surface area contributed by atoms with Crippen molar-refractivity contribution in [2.45, 2.75) is 45.3 Å². The summed E-state index contributed by atoms with van der Waals surface area (Å²) in [5.74, 6) is 1.67. The summed E-state index contributed by atoms with van der Waals surface area (Å²) in [6.45, 7) is 11.0. The Morgan fingerprint density at radius 2 is 1.74 bits per heavy atom. The fourth-order valence-electron chi connectivity index (χ4n) is 2.09. The van der Waals surface area contributed by atoms with Crippen molar-refractivity contribution in [1.29, 1.82) is 0 Å². The van der Waals surface area contributed by atoms with Gasteiger partial charge < -0.3 is 9.16 Å². The zero-order chi connectivity index (χ0) is 17.3. The third-order valence-electron chi connectivity index (χ3n) is 4.64. The number of allylic oxidation sites excluding steroid dienone is 2. The highest BCUT2D eigenvalue weighted by atomic mass is 28.4. The molecule has 2 rings (SSSR count). The minimum absolute atomic E-state index is 0.102. The molecule has 1 aromatic carbocycles. The predicted molar refractivity (Wildman–Crippen MR) is 97.0 cm³/mol. The molecule has 0 heterocycles. The number of benzene rings is 1. The molecule has 0 saturated carbocycles. The molecule has 0 radical (unpaired) electrons. The molecule has 0 amide bonds. The average molecular weight is 331 g/mol. The Balaban J connectivity index is 2.27. The van der Waals surface area contributed by atoms with Gasteiger partial charge in [-0.1, -0.05) is 32.9 Å². The van der Waals surface area contributed by atoms with Crippen LogP contribution in [0.25, 0.3) is 6.08 Å². The van der Waals surface area contributed by atoms with Crippen LogP contribution in [-0.2, 0) is 9.22 Å². The van der Waals surface area contributed by atoms with Crippen LogP contribution in [-0.4, -0.2) is 21.2 Å². The standard InChI is InChI=1S/C19H26O3Si/c1-19(2,3)23(5,6)22-18-12-11-17(20)16(18)13-14-7-9-15(21-4)10-8-14/h7-10,12-13H,11H2,1-6H3. The zero-order valence-electron chi connectivity index (χ0n) is 14.9. The SMILES string of the molecule is COc1ccc(C=C2C(=O)CC=C2O[Si](C)(C)C(C)(C)C)cc1. The van der Waals surface area contributed by atoms with Crippen molar-refractivity contribution in [2.75, 3.05) is 7.11 Å². The first kappa shape index (κ1) is 17.5. The van der Waals surface area contributed by atoms with E-state index in [1.54, 1.807) is 7.11 Å². The van der Waals surface area contributed by atoms with E-state index >= 15 is 0 Å². The number of ether oxygens (including phenoxy) is 1. The average Bonchev–Trinajstić information content (AvgIpc) is 2.79. The summed E-state index contributed by atoms with van der Waals surface area (Å²) < 4.78 is 11.5. The molecule has 0 aliphatic heterocycles. The summed E-state index contributed by atoms with van der Waals surface area (Å²) in [4.78, 5) is 12.2. The van der Waals surface area contributed by atoms with Crippen LogP contribution in [0.15, 0.2) is 41.7 Å². The van der Waals surface area contributed by atoms with Crippen LogP contribution in [0.4, 0.5) is 0 Å². The van der Waals surface area contributed by atoms with Crippen molar-refractivity contribution in [1.82, 2.24) is 0 Å². The van der Waals surface area contributed by atoms with E-state index in [4.69, 9.17) is 9.16 Å². The van der Waals surface area contributed by atoms with Gasteiger partial charge in [-0.15, -0.1) is 0 Å². The molecule has 1 aliphatic carbocycles. The first-order chi connectivity index (χ1) is 10.6. The van der Waals surface area contributed by atoms with Crippen molar-refractivity contribution < 1.29 is 14.0 Å². The number of methoxy groups -OCH3 is 1. The molecule has 0 fully saturated rings. The Kier molecular flexibility index (Phi) is 4.85. The highest BCUT2D eigenvalue weighted by Crippen LogP contribution is 2.40. The van der Waals surface area contributed by atoms with E-state index in [9.17, 15) is 4.79 Å². The highest BCUT2D eigenvalue weighted by Gasteiger charge is 2.40. The van der Waals surface area contributed by atoms with Gasteiger partial charge in [-0.2, -0.15) is 0 Å². The van der Waals surface area contributed by atoms with Gasteiger partial charge in [0.05, 0.1) is 12.7 Å². The Morgan fingerprint density at radius 1 is 1.13 bits per heavy atom. The first-order valence-corrected chi connectivity index (χ1v) is 10.8. The van der Waals surface area contributed by atoms with Crippen molar-refractivity contribution in [3.05, 3.63) is 47.2 Å². The number of hydrogen-bond acceptors (Lipinski definition) is 3. The van der Waals surface area contributed by atoms with Crippen LogP contribution in [0.1, 0.15) is 32.8 Å². The highest BCUT2D eigenvalue weighted by molar-refractivity contribution is 6.74. The van der Waals surface area contributed by atoms with E-state index in [1.807, 2.05) is 36.4 Å². The van der Waals surface area contributed by atoms with Gasteiger partial charge in [0.1, 0.15) is 11.5 Å². The van der Waals surface area contributed by atoms with E-state index in [0.717, 1.165) is 17.1 Å². The van der Waals surface area contributed by atoms with E-state index < -0.39 is 8.32 Å². The predicted octanol–water partition coefficient (Wildman–Crippen LogP) is 4.96. The molecule has 1 aromatic rings. The number of hydrogen-bond donors (Lipinski definition) is 0. The molecule has 0 saturated heterocycles. The molecule has 124 valence electrons. The molecule has 0 unspecified atom stereocenters. The maximum atomic E-state index is 12.2. The maximum Gasteiger partial charge on any atom is 0.250 e. The summed E-state index contributed by atoms with van der Waals surface area (Å²) in [6, 6.07) is 7.68. The first-order valence-electron chi connectivity index (χ1n) is 7.92. The third-order valence-corrected chi connectivity index (χ3v) is 8.98. The van der Waals surface area contributed by atoms with E-state index in [-0.39, 0.29) is 10.8 Å². The van der Waals surface area contributed by atoms with Gasteiger partial charge in [0.15, 0.2) is 5.78 Å². The Morgan fingerprint density at radius 3 is 2.26 bits per heavy atom. The normalized spacial score (nSPS) is 17.4. The van der Waals surface area contributed by atoms with Crippen LogP contribution in [0.5, 0.6) is 5.75 Å². The lowest BCUT2D eigenvalue weighted by Gasteiger charge is -2.37. The van der Waals surface area contributed by atoms with Crippen LogP contribution in [0.3, 0.4) is 0 Å². The number of Topliss-reactive ketones (excluding diaryl/α,β-unsaturated/α-hetero) is 1. The lowest BCUT2D eigenvalue weighted by atomic mass is 10.1. The van der Waals surface area contributed by atoms with Gasteiger partial charge in [-0.25, -0.2) is 0 Å². The van der Waals surface area contributed by atoms with Gasteiger partial charge in [0, 0.05) is 6.42 Å². The van der Waals surface area contributed by atoms with E-state index in [0.29, 0.717) is 12.0 Å². The fourth-order valence-corrected chi connectivity index (χ4v) is 3.14. The maximum absolute atomic E-state index is 12.2. The Bertz CT molecular complexity index is 646. The quantitative estimate of drug-likeness (QED) is 0.578. The molecule has 1 aliphatic rings. The van der Waals surface area contributed by atoms with Gasteiger partial charge >= 0.3 is 0 Å². The molecule has 0 bridgehead atoms. The largest absolute Gasteiger partial charge is 0.543 e. The minimum atomic E-state index is -1.95. The van der Waals surface area contributed by atoms with Crippen molar-refractivity contribution >= 4 is 20.2 Å². The van der Waals surface area contributed by atoms with E-state index in [1.165, 1.54) is 0 Å². The number of rotatable bonds is 4. The Hall–Kier alpha value is -1.81. The molecule has 23 heavy (non-hydrogen) atoms. The minimum Gasteiger partial charge on any atom is -0.543 e. The molecular weight excluding hydrogens is 304 g/mol. The second kappa shape index (κ2) is 6.36. The monoisotopic (exact) mass is 330 g/mol. The van der Waals surface area contributed by atoms with Crippen LogP contribution in [0, 0.1) is 0 Å². The topological polar surface area (TPSA) is 35.5 Å². The number of carbonyl (C=O) groups excluding carboxylic acids is 1. The molecule has 0 aromatic heterocycles. The summed E-state index contributed by atoms with van der Waals surface area (Å²) in [7, 11) is -0.314. The van der Waals surface area contributed by atoms with Crippen molar-refractivity contribution in [2.24, 2.45) is 0 Å². The summed E-state index contributed by atoms with van der Waals surface area (Å²) in [5, 5.41) is 0.102. The lowest BCUT2D eigenvalue weighted by Crippen LogP contribution is -2.40. The van der Waals surface area contributed by atoms with Crippen molar-refractivity contribution in [3.63, 3.8) is 0 Å². The van der Waals surface area contributed by atoms with Gasteiger partial charge in [0.2, 0.25) is 8.32 Å². The third kappa shape index (κ3) is 3.94. The zero-order valence-corrected chi connectivity index (χ0v) is 15.9. The van der Waals surface area contributed by atoms with Gasteiger partial charge in [-0.3, -0.25) is 4.79 Å². The number of ketones is 1. The molecule has 0 atom stereocenters. The summed E-state index contributed by atoms with van der Waals surface area (Å²) >= 11 is 0. The summed E-state index contributed by atoms with van der Waals surface area (Å²) in [6.07, 6.45) is 4.25. The number of carbonyl (C=O) groups is 1. The van der Waals surface area contributed by atoms with Crippen molar-refractivity contribution in [3.8, 4) is 5.75 Å². The van der Waals surface area contributed by atoms with Crippen LogP contribution >= 0.6 is 0 Å². The van der Waals surface area contributed by atoms with E-state index in [2.05, 4.69) is 33.9 Å². The van der Waals surface area contributed by atoms with Gasteiger partial charge in [-0.05, 0) is 48.0 Å². The second-order valence-electron chi connectivity index (χ2n) is 7.39. The fraction of sp³-hybridized carbons (Fsp3) is 0.421. The molecule has 3 nitrogen and oxygen atoms in total. The Labute approximate surface area is 140 Å². The molecule has 0 spiro atoms. The molecular formula is C19H26O3Si. The van der Waals surface area contributed by atoms with Gasteiger partial charge in [0.25, 0.3) is 0 Å². The van der Waals surface area contributed by atoms with Crippen LogP contribution in [0.2, 0.25) is 18.1 Å². The summed E-state index contributed by atoms with van der Waals surface area (Å²) in [5.41, 5.74) is 1.65. The van der Waals surface area contributed by atoms with Crippen LogP contribution < -0.4 is 4.74 Å². The smallest absolute Gasteiger partial charge is 0.250 e. The lowest BCUT2D eigenvalue weighted by molar-refractivity contribution is -0.114. The second-order valence-corrected chi connectivity index (χ2v) is 12.1. The molecule has 0 N–H and O–H groups in total. The molecule has 4 heteroatoms.